The van der Waals surface area contributed by atoms with Gasteiger partial charge in [0.05, 0.1) is 19.1 Å². The molecular weight excluding hydrogens is 406 g/mol. The maximum atomic E-state index is 12.8. The van der Waals surface area contributed by atoms with E-state index in [0.29, 0.717) is 16.1 Å². The van der Waals surface area contributed by atoms with Crippen LogP contribution in [0.1, 0.15) is 0 Å². The highest BCUT2D eigenvalue weighted by atomic mass is 79.9. The first-order valence-electron chi connectivity index (χ1n) is 7.38. The zero-order chi connectivity index (χ0) is 18.0. The van der Waals surface area contributed by atoms with E-state index in [1.165, 1.54) is 3.97 Å². The number of nitrogens with zero attached hydrogens (tertiary/aromatic N) is 1. The van der Waals surface area contributed by atoms with Gasteiger partial charge in [-0.25, -0.2) is 12.4 Å². The second kappa shape index (κ2) is 6.93. The van der Waals surface area contributed by atoms with Crippen molar-refractivity contribution in [3.05, 3.63) is 65.4 Å². The van der Waals surface area contributed by atoms with Crippen LogP contribution in [0.2, 0.25) is 0 Å². The van der Waals surface area contributed by atoms with Crippen molar-refractivity contribution in [2.45, 2.75) is 4.90 Å². The maximum Gasteiger partial charge on any atom is 0.268 e. The molecule has 0 N–H and O–H groups in total. The fraction of sp³-hybridized carbons (Fsp3) is 0.111. The molecule has 7 heteroatoms. The fourth-order valence-electron chi connectivity index (χ4n) is 2.48. The van der Waals surface area contributed by atoms with Crippen molar-refractivity contribution in [3.8, 4) is 22.6 Å². The molecule has 0 saturated carbocycles. The average molecular weight is 422 g/mol. The van der Waals surface area contributed by atoms with E-state index in [1.54, 1.807) is 68.9 Å². The summed E-state index contributed by atoms with van der Waals surface area (Å²) >= 11 is 3.34. The van der Waals surface area contributed by atoms with Gasteiger partial charge in [-0.15, -0.1) is 0 Å². The highest BCUT2D eigenvalue weighted by molar-refractivity contribution is 9.10. The summed E-state index contributed by atoms with van der Waals surface area (Å²) in [6, 6.07) is 15.5. The third-order valence-corrected chi connectivity index (χ3v) is 6.29. The summed E-state index contributed by atoms with van der Waals surface area (Å²) in [4.78, 5) is 0.227. The Morgan fingerprint density at radius 3 is 2.20 bits per heavy atom. The van der Waals surface area contributed by atoms with Crippen molar-refractivity contribution >= 4 is 26.0 Å². The van der Waals surface area contributed by atoms with E-state index in [1.807, 2.05) is 6.07 Å². The van der Waals surface area contributed by atoms with Crippen LogP contribution in [0, 0.1) is 0 Å². The van der Waals surface area contributed by atoms with Gasteiger partial charge in [-0.3, -0.25) is 0 Å². The number of aromatic nitrogens is 1. The molecule has 0 unspecified atom stereocenters. The quantitative estimate of drug-likeness (QED) is 0.620. The van der Waals surface area contributed by atoms with Gasteiger partial charge in [-0.2, -0.15) is 0 Å². The van der Waals surface area contributed by atoms with E-state index in [9.17, 15) is 8.42 Å². The number of hydrogen-bond acceptors (Lipinski definition) is 4. The Bertz CT molecular complexity index is 997. The van der Waals surface area contributed by atoms with Crippen molar-refractivity contribution in [3.63, 3.8) is 0 Å². The first kappa shape index (κ1) is 17.6. The molecule has 0 radical (unpaired) electrons. The second-order valence-electron chi connectivity index (χ2n) is 5.24. The minimum atomic E-state index is -3.67. The summed E-state index contributed by atoms with van der Waals surface area (Å²) in [6.45, 7) is 0. The molecule has 3 rings (SSSR count). The summed E-state index contributed by atoms with van der Waals surface area (Å²) in [7, 11) is -0.547. The van der Waals surface area contributed by atoms with Gasteiger partial charge >= 0.3 is 0 Å². The Morgan fingerprint density at radius 1 is 0.880 bits per heavy atom. The standard InChI is InChI=1S/C18H16BrNO4S/c1-23-16-9-8-13(10-17(16)24-2)14-11-18(19)20(12-14)25(21,22)15-6-4-3-5-7-15/h3-12H,1-2H3. The van der Waals surface area contributed by atoms with Crippen LogP contribution < -0.4 is 9.47 Å². The van der Waals surface area contributed by atoms with Gasteiger partial charge in [0, 0.05) is 11.8 Å². The molecule has 25 heavy (non-hydrogen) atoms. The number of ether oxygens (including phenoxy) is 2. The van der Waals surface area contributed by atoms with Crippen molar-refractivity contribution < 1.29 is 17.9 Å². The lowest BCUT2D eigenvalue weighted by molar-refractivity contribution is 0.355. The van der Waals surface area contributed by atoms with Gasteiger partial charge in [0.2, 0.25) is 0 Å². The summed E-state index contributed by atoms with van der Waals surface area (Å²) in [5, 5.41) is 0. The second-order valence-corrected chi connectivity index (χ2v) is 7.86. The maximum absolute atomic E-state index is 12.8. The fourth-order valence-corrected chi connectivity index (χ4v) is 4.66. The molecule has 1 heterocycles. The normalized spacial score (nSPS) is 11.3. The van der Waals surface area contributed by atoms with E-state index in [4.69, 9.17) is 9.47 Å². The van der Waals surface area contributed by atoms with Gasteiger partial charge < -0.3 is 9.47 Å². The molecule has 1 aromatic heterocycles. The Kier molecular flexibility index (Phi) is 4.87. The molecular formula is C18H16BrNO4S. The lowest BCUT2D eigenvalue weighted by atomic mass is 10.1. The zero-order valence-electron chi connectivity index (χ0n) is 13.6. The molecule has 0 atom stereocenters. The summed E-state index contributed by atoms with van der Waals surface area (Å²) in [5.74, 6) is 1.19. The minimum Gasteiger partial charge on any atom is -0.493 e. The molecule has 0 fully saturated rings. The lowest BCUT2D eigenvalue weighted by Crippen LogP contribution is -2.11. The average Bonchev–Trinajstić information content (AvgIpc) is 3.04. The van der Waals surface area contributed by atoms with Gasteiger partial charge in [0.1, 0.15) is 4.60 Å². The van der Waals surface area contributed by atoms with E-state index in [2.05, 4.69) is 15.9 Å². The lowest BCUT2D eigenvalue weighted by Gasteiger charge is -2.09. The summed E-state index contributed by atoms with van der Waals surface area (Å²) in [6.07, 6.45) is 1.58. The minimum absolute atomic E-state index is 0.227. The zero-order valence-corrected chi connectivity index (χ0v) is 16.0. The Hall–Kier alpha value is -2.25. The Morgan fingerprint density at radius 2 is 1.56 bits per heavy atom. The third kappa shape index (κ3) is 3.29. The number of halogens is 1. The predicted octanol–water partition coefficient (Wildman–Crippen LogP) is 4.17. The van der Waals surface area contributed by atoms with E-state index < -0.39 is 10.0 Å². The first-order chi connectivity index (χ1) is 12.0. The van der Waals surface area contributed by atoms with Crippen LogP contribution in [0.3, 0.4) is 0 Å². The SMILES string of the molecule is COc1ccc(-c2cc(Br)n(S(=O)(=O)c3ccccc3)c2)cc1OC. The number of rotatable bonds is 5. The predicted molar refractivity (Wildman–Crippen MR) is 99.7 cm³/mol. The largest absolute Gasteiger partial charge is 0.493 e. The van der Waals surface area contributed by atoms with E-state index in [0.717, 1.165) is 11.1 Å². The molecule has 0 saturated heterocycles. The van der Waals surface area contributed by atoms with Crippen molar-refractivity contribution in [2.24, 2.45) is 0 Å². The molecule has 0 aliphatic rings. The van der Waals surface area contributed by atoms with E-state index in [-0.39, 0.29) is 4.90 Å². The Labute approximate surface area is 155 Å². The van der Waals surface area contributed by atoms with Crippen LogP contribution in [-0.2, 0) is 10.0 Å². The third-order valence-electron chi connectivity index (χ3n) is 3.76. The van der Waals surface area contributed by atoms with Crippen LogP contribution in [0.5, 0.6) is 11.5 Å². The van der Waals surface area contributed by atoms with Crippen molar-refractivity contribution in [1.82, 2.24) is 3.97 Å². The molecule has 0 aliphatic carbocycles. The highest BCUT2D eigenvalue weighted by Crippen LogP contribution is 2.34. The highest BCUT2D eigenvalue weighted by Gasteiger charge is 2.20. The molecule has 5 nitrogen and oxygen atoms in total. The molecule has 3 aromatic rings. The molecule has 0 aliphatic heterocycles. The number of hydrogen-bond donors (Lipinski definition) is 0. The monoisotopic (exact) mass is 421 g/mol. The van der Waals surface area contributed by atoms with Crippen LogP contribution >= 0.6 is 15.9 Å². The molecule has 0 bridgehead atoms. The van der Waals surface area contributed by atoms with Gasteiger partial charge in [-0.05, 0) is 51.8 Å². The van der Waals surface area contributed by atoms with Crippen LogP contribution in [0.25, 0.3) is 11.1 Å². The van der Waals surface area contributed by atoms with Crippen LogP contribution in [-0.4, -0.2) is 26.6 Å². The van der Waals surface area contributed by atoms with Crippen LogP contribution in [0.4, 0.5) is 0 Å². The van der Waals surface area contributed by atoms with Crippen molar-refractivity contribution in [1.29, 1.82) is 0 Å². The molecule has 0 spiro atoms. The van der Waals surface area contributed by atoms with Gasteiger partial charge in [0.25, 0.3) is 10.0 Å². The number of benzene rings is 2. The summed E-state index contributed by atoms with van der Waals surface area (Å²) < 4.78 is 37.8. The molecule has 0 amide bonds. The topological polar surface area (TPSA) is 57.5 Å². The van der Waals surface area contributed by atoms with E-state index >= 15 is 0 Å². The van der Waals surface area contributed by atoms with Gasteiger partial charge in [-0.1, -0.05) is 24.3 Å². The van der Waals surface area contributed by atoms with Crippen LogP contribution in [0.15, 0.2) is 70.3 Å². The molecule has 130 valence electrons. The Balaban J connectivity index is 2.07. The number of methoxy groups -OCH3 is 2. The van der Waals surface area contributed by atoms with Crippen molar-refractivity contribution in [2.75, 3.05) is 14.2 Å². The first-order valence-corrected chi connectivity index (χ1v) is 9.61. The van der Waals surface area contributed by atoms with Gasteiger partial charge in [0.15, 0.2) is 11.5 Å². The summed E-state index contributed by atoms with van der Waals surface area (Å²) in [5.41, 5.74) is 1.56. The molecule has 2 aromatic carbocycles. The smallest absolute Gasteiger partial charge is 0.268 e.